The molecule has 160 valence electrons. The largest absolute Gasteiger partial charge is 0.384 e. The molecule has 7 heteroatoms. The SMILES string of the molecule is CCN1CCC[C@@H]1C(=O)N[C@@H](Cc1cccc(C)c1)C(=O)NCc1ccc(N)nc1. The monoisotopic (exact) mass is 409 g/mol. The van der Waals surface area contributed by atoms with Crippen LogP contribution in [0.2, 0.25) is 0 Å². The van der Waals surface area contributed by atoms with Crippen molar-refractivity contribution in [2.24, 2.45) is 0 Å². The highest BCUT2D eigenvalue weighted by atomic mass is 16.2. The highest BCUT2D eigenvalue weighted by Gasteiger charge is 2.32. The van der Waals surface area contributed by atoms with Gasteiger partial charge in [-0.3, -0.25) is 14.5 Å². The van der Waals surface area contributed by atoms with E-state index in [0.717, 1.165) is 42.6 Å². The molecular weight excluding hydrogens is 378 g/mol. The Morgan fingerprint density at radius 3 is 2.80 bits per heavy atom. The third kappa shape index (κ3) is 5.79. The van der Waals surface area contributed by atoms with E-state index < -0.39 is 6.04 Å². The van der Waals surface area contributed by atoms with Gasteiger partial charge < -0.3 is 16.4 Å². The van der Waals surface area contributed by atoms with Crippen molar-refractivity contribution in [3.05, 3.63) is 59.3 Å². The van der Waals surface area contributed by atoms with Crippen LogP contribution in [0.1, 0.15) is 36.5 Å². The summed E-state index contributed by atoms with van der Waals surface area (Å²) in [5.41, 5.74) is 8.61. The van der Waals surface area contributed by atoms with E-state index in [4.69, 9.17) is 5.73 Å². The minimum absolute atomic E-state index is 0.0729. The molecule has 0 saturated carbocycles. The minimum Gasteiger partial charge on any atom is -0.384 e. The maximum atomic E-state index is 13.0. The number of hydrogen-bond donors (Lipinski definition) is 3. The standard InChI is InChI=1S/C23H31N5O2/c1-3-28-11-5-8-20(28)23(30)27-19(13-17-7-4-6-16(2)12-17)22(29)26-15-18-9-10-21(24)25-14-18/h4,6-7,9-10,12,14,19-20H,3,5,8,11,13,15H2,1-2H3,(H2,24,25)(H,26,29)(H,27,30)/t19-,20+/m0/s1. The van der Waals surface area contributed by atoms with Crippen LogP contribution in [-0.4, -0.2) is 46.9 Å². The number of nitrogens with one attached hydrogen (secondary N) is 2. The number of aryl methyl sites for hydroxylation is 1. The number of nitrogens with two attached hydrogens (primary N) is 1. The Kier molecular flexibility index (Phi) is 7.41. The van der Waals surface area contributed by atoms with E-state index in [2.05, 4.69) is 27.4 Å². The second kappa shape index (κ2) is 10.2. The lowest BCUT2D eigenvalue weighted by Crippen LogP contribution is -2.53. The summed E-state index contributed by atoms with van der Waals surface area (Å²) in [6.45, 7) is 6.16. The van der Waals surface area contributed by atoms with Crippen molar-refractivity contribution in [3.63, 3.8) is 0 Å². The number of anilines is 1. The number of hydrogen-bond acceptors (Lipinski definition) is 5. The van der Waals surface area contributed by atoms with E-state index in [1.807, 2.05) is 37.3 Å². The van der Waals surface area contributed by atoms with Gasteiger partial charge in [-0.2, -0.15) is 0 Å². The van der Waals surface area contributed by atoms with Gasteiger partial charge in [-0.25, -0.2) is 4.98 Å². The fourth-order valence-electron chi connectivity index (χ4n) is 3.91. The van der Waals surface area contributed by atoms with E-state index in [1.165, 1.54) is 0 Å². The number of aromatic nitrogens is 1. The molecule has 1 saturated heterocycles. The average Bonchev–Trinajstić information content (AvgIpc) is 3.22. The molecule has 4 N–H and O–H groups in total. The summed E-state index contributed by atoms with van der Waals surface area (Å²) in [6, 6.07) is 10.7. The lowest BCUT2D eigenvalue weighted by Gasteiger charge is -2.25. The molecule has 30 heavy (non-hydrogen) atoms. The maximum Gasteiger partial charge on any atom is 0.243 e. The normalized spacial score (nSPS) is 17.5. The van der Waals surface area contributed by atoms with Crippen LogP contribution in [0.5, 0.6) is 0 Å². The first kappa shape index (κ1) is 21.8. The molecule has 7 nitrogen and oxygen atoms in total. The number of nitrogens with zero attached hydrogens (tertiary/aromatic N) is 2. The number of likely N-dealkylation sites (tertiary alicyclic amines) is 1. The van der Waals surface area contributed by atoms with Crippen molar-refractivity contribution < 1.29 is 9.59 Å². The molecule has 0 bridgehead atoms. The summed E-state index contributed by atoms with van der Waals surface area (Å²) in [5, 5.41) is 5.93. The summed E-state index contributed by atoms with van der Waals surface area (Å²) in [5.74, 6) is 0.158. The summed E-state index contributed by atoms with van der Waals surface area (Å²) in [6.07, 6.45) is 3.92. The predicted octanol–water partition coefficient (Wildman–Crippen LogP) is 1.80. The van der Waals surface area contributed by atoms with E-state index in [9.17, 15) is 9.59 Å². The molecule has 1 aromatic carbocycles. The second-order valence-electron chi connectivity index (χ2n) is 7.85. The molecule has 3 rings (SSSR count). The van der Waals surface area contributed by atoms with Crippen molar-refractivity contribution in [2.75, 3.05) is 18.8 Å². The number of nitrogen functional groups attached to an aromatic ring is 1. The number of likely N-dealkylation sites (N-methyl/N-ethyl adjacent to an activating group) is 1. The molecule has 2 atom stereocenters. The smallest absolute Gasteiger partial charge is 0.243 e. The van der Waals surface area contributed by atoms with Crippen LogP contribution in [-0.2, 0) is 22.6 Å². The summed E-state index contributed by atoms with van der Waals surface area (Å²) < 4.78 is 0. The molecule has 2 aromatic rings. The van der Waals surface area contributed by atoms with Crippen molar-refractivity contribution in [2.45, 2.75) is 51.7 Å². The van der Waals surface area contributed by atoms with Gasteiger partial charge in [0.2, 0.25) is 11.8 Å². The molecule has 1 aromatic heterocycles. The summed E-state index contributed by atoms with van der Waals surface area (Å²) in [4.78, 5) is 32.1. The van der Waals surface area contributed by atoms with Crippen LogP contribution in [0.4, 0.5) is 5.82 Å². The van der Waals surface area contributed by atoms with Crippen molar-refractivity contribution >= 4 is 17.6 Å². The molecule has 1 fully saturated rings. The molecule has 1 aliphatic rings. The Bertz CT molecular complexity index is 868. The Hall–Kier alpha value is -2.93. The molecule has 1 aliphatic heterocycles. The summed E-state index contributed by atoms with van der Waals surface area (Å²) in [7, 11) is 0. The van der Waals surface area contributed by atoms with E-state index in [1.54, 1.807) is 12.3 Å². The zero-order chi connectivity index (χ0) is 21.5. The summed E-state index contributed by atoms with van der Waals surface area (Å²) >= 11 is 0. The maximum absolute atomic E-state index is 13.0. The average molecular weight is 410 g/mol. The zero-order valence-corrected chi connectivity index (χ0v) is 17.7. The Labute approximate surface area is 178 Å². The number of rotatable bonds is 8. The van der Waals surface area contributed by atoms with Gasteiger partial charge in [0.05, 0.1) is 6.04 Å². The minimum atomic E-state index is -0.639. The van der Waals surface area contributed by atoms with Crippen LogP contribution in [0, 0.1) is 6.92 Å². The van der Waals surface area contributed by atoms with Gasteiger partial charge >= 0.3 is 0 Å². The van der Waals surface area contributed by atoms with Crippen LogP contribution >= 0.6 is 0 Å². The molecule has 0 radical (unpaired) electrons. The van der Waals surface area contributed by atoms with E-state index in [0.29, 0.717) is 18.8 Å². The zero-order valence-electron chi connectivity index (χ0n) is 17.7. The number of carbonyl (C=O) groups is 2. The first-order valence-electron chi connectivity index (χ1n) is 10.5. The van der Waals surface area contributed by atoms with Crippen molar-refractivity contribution in [1.82, 2.24) is 20.5 Å². The first-order chi connectivity index (χ1) is 14.5. The Morgan fingerprint density at radius 2 is 2.10 bits per heavy atom. The fourth-order valence-corrected chi connectivity index (χ4v) is 3.91. The number of carbonyl (C=O) groups excluding carboxylic acids is 2. The van der Waals surface area contributed by atoms with Gasteiger partial charge in [0.25, 0.3) is 0 Å². The van der Waals surface area contributed by atoms with Gasteiger partial charge in [-0.15, -0.1) is 0 Å². The Morgan fingerprint density at radius 1 is 1.27 bits per heavy atom. The lowest BCUT2D eigenvalue weighted by molar-refractivity contribution is -0.131. The molecular formula is C23H31N5O2. The van der Waals surface area contributed by atoms with Gasteiger partial charge in [0.15, 0.2) is 0 Å². The Balaban J connectivity index is 1.69. The topological polar surface area (TPSA) is 100 Å². The number of benzene rings is 1. The first-order valence-corrected chi connectivity index (χ1v) is 10.5. The third-order valence-corrected chi connectivity index (χ3v) is 5.54. The van der Waals surface area contributed by atoms with Crippen molar-refractivity contribution in [3.8, 4) is 0 Å². The van der Waals surface area contributed by atoms with Gasteiger partial charge in [-0.1, -0.05) is 42.8 Å². The number of amides is 2. The molecule has 2 heterocycles. The quantitative estimate of drug-likeness (QED) is 0.617. The van der Waals surface area contributed by atoms with Crippen molar-refractivity contribution in [1.29, 1.82) is 0 Å². The van der Waals surface area contributed by atoms with Crippen LogP contribution in [0.3, 0.4) is 0 Å². The molecule has 0 spiro atoms. The van der Waals surface area contributed by atoms with Crippen LogP contribution < -0.4 is 16.4 Å². The molecule has 0 aliphatic carbocycles. The highest BCUT2D eigenvalue weighted by Crippen LogP contribution is 2.17. The van der Waals surface area contributed by atoms with Crippen LogP contribution in [0.25, 0.3) is 0 Å². The van der Waals surface area contributed by atoms with Gasteiger partial charge in [0.1, 0.15) is 11.9 Å². The van der Waals surface area contributed by atoms with E-state index >= 15 is 0 Å². The third-order valence-electron chi connectivity index (χ3n) is 5.54. The highest BCUT2D eigenvalue weighted by molar-refractivity contribution is 5.90. The van der Waals surface area contributed by atoms with Crippen LogP contribution in [0.15, 0.2) is 42.6 Å². The second-order valence-corrected chi connectivity index (χ2v) is 7.85. The van der Waals surface area contributed by atoms with E-state index in [-0.39, 0.29) is 17.9 Å². The molecule has 2 amide bonds. The van der Waals surface area contributed by atoms with Gasteiger partial charge in [0, 0.05) is 19.2 Å². The fraction of sp³-hybridized carbons (Fsp3) is 0.435. The molecule has 0 unspecified atom stereocenters. The number of pyridine rings is 1. The lowest BCUT2D eigenvalue weighted by atomic mass is 10.0. The predicted molar refractivity (Wildman–Crippen MR) is 118 cm³/mol. The van der Waals surface area contributed by atoms with Gasteiger partial charge in [-0.05, 0) is 50.0 Å².